The van der Waals surface area contributed by atoms with Crippen LogP contribution in [-0.4, -0.2) is 11.9 Å². The van der Waals surface area contributed by atoms with E-state index in [0.29, 0.717) is 5.75 Å². The fourth-order valence-corrected chi connectivity index (χ4v) is 2.32. The number of hydrogen-bond acceptors (Lipinski definition) is 3. The molecular formula is C16H16O3. The lowest BCUT2D eigenvalue weighted by Crippen LogP contribution is -2.02. The Morgan fingerprint density at radius 2 is 1.79 bits per heavy atom. The van der Waals surface area contributed by atoms with E-state index in [9.17, 15) is 5.11 Å². The van der Waals surface area contributed by atoms with Crippen LogP contribution in [0.25, 0.3) is 0 Å². The Bertz CT molecular complexity index is 619. The zero-order valence-corrected chi connectivity index (χ0v) is 11.0. The van der Waals surface area contributed by atoms with Crippen molar-refractivity contribution in [1.82, 2.24) is 0 Å². The standard InChI is InChI=1S/C16H16O3/c1-10-3-4-11(2)13(7-10)16(17)12-5-6-14-15(8-12)19-9-18-14/h3-8,16-17H,9H2,1-2H3. The van der Waals surface area contributed by atoms with E-state index in [1.807, 2.05) is 50.2 Å². The zero-order chi connectivity index (χ0) is 13.4. The van der Waals surface area contributed by atoms with E-state index in [2.05, 4.69) is 0 Å². The molecule has 19 heavy (non-hydrogen) atoms. The molecule has 1 aliphatic heterocycles. The summed E-state index contributed by atoms with van der Waals surface area (Å²) in [5, 5.41) is 10.5. The Labute approximate surface area is 112 Å². The van der Waals surface area contributed by atoms with Crippen molar-refractivity contribution >= 4 is 0 Å². The molecule has 1 aliphatic rings. The monoisotopic (exact) mass is 256 g/mol. The van der Waals surface area contributed by atoms with E-state index in [1.54, 1.807) is 0 Å². The first-order chi connectivity index (χ1) is 9.15. The third-order valence-corrected chi connectivity index (χ3v) is 3.44. The Morgan fingerprint density at radius 3 is 2.63 bits per heavy atom. The molecule has 0 aromatic heterocycles. The topological polar surface area (TPSA) is 38.7 Å². The Morgan fingerprint density at radius 1 is 1.00 bits per heavy atom. The second-order valence-electron chi connectivity index (χ2n) is 4.88. The average Bonchev–Trinajstić information content (AvgIpc) is 2.88. The van der Waals surface area contributed by atoms with Gasteiger partial charge in [-0.3, -0.25) is 0 Å². The van der Waals surface area contributed by atoms with Gasteiger partial charge in [0, 0.05) is 0 Å². The van der Waals surface area contributed by atoms with Crippen molar-refractivity contribution in [3.8, 4) is 11.5 Å². The van der Waals surface area contributed by atoms with Crippen LogP contribution >= 0.6 is 0 Å². The molecule has 3 heteroatoms. The molecule has 3 nitrogen and oxygen atoms in total. The highest BCUT2D eigenvalue weighted by molar-refractivity contribution is 5.47. The maximum Gasteiger partial charge on any atom is 0.231 e. The van der Waals surface area contributed by atoms with Crippen LogP contribution in [0.4, 0.5) is 0 Å². The molecule has 0 aliphatic carbocycles. The molecule has 0 radical (unpaired) electrons. The molecule has 1 atom stereocenters. The summed E-state index contributed by atoms with van der Waals surface area (Å²) in [6.45, 7) is 4.28. The lowest BCUT2D eigenvalue weighted by Gasteiger charge is -2.15. The minimum Gasteiger partial charge on any atom is -0.454 e. The van der Waals surface area contributed by atoms with Gasteiger partial charge in [-0.25, -0.2) is 0 Å². The molecule has 1 N–H and O–H groups in total. The van der Waals surface area contributed by atoms with Crippen LogP contribution in [0.1, 0.15) is 28.4 Å². The molecule has 0 saturated heterocycles. The molecule has 1 heterocycles. The molecule has 0 amide bonds. The highest BCUT2D eigenvalue weighted by atomic mass is 16.7. The SMILES string of the molecule is Cc1ccc(C)c(C(O)c2ccc3c(c2)OCO3)c1. The third-order valence-electron chi connectivity index (χ3n) is 3.44. The molecule has 0 saturated carbocycles. The number of hydrogen-bond donors (Lipinski definition) is 1. The number of aliphatic hydroxyl groups excluding tert-OH is 1. The molecule has 2 aromatic rings. The van der Waals surface area contributed by atoms with Crippen molar-refractivity contribution in [2.75, 3.05) is 6.79 Å². The quantitative estimate of drug-likeness (QED) is 0.897. The predicted octanol–water partition coefficient (Wildman–Crippen LogP) is 3.11. The summed E-state index contributed by atoms with van der Waals surface area (Å²) in [4.78, 5) is 0. The van der Waals surface area contributed by atoms with E-state index in [1.165, 1.54) is 0 Å². The number of ether oxygens (including phenoxy) is 2. The van der Waals surface area contributed by atoms with Gasteiger partial charge < -0.3 is 14.6 Å². The first kappa shape index (κ1) is 12.1. The van der Waals surface area contributed by atoms with E-state index in [4.69, 9.17) is 9.47 Å². The van der Waals surface area contributed by atoms with Crippen LogP contribution < -0.4 is 9.47 Å². The Hall–Kier alpha value is -2.00. The second kappa shape index (κ2) is 4.59. The highest BCUT2D eigenvalue weighted by Crippen LogP contribution is 2.36. The minimum absolute atomic E-state index is 0.248. The minimum atomic E-state index is -0.644. The van der Waals surface area contributed by atoms with Gasteiger partial charge in [-0.15, -0.1) is 0 Å². The fraction of sp³-hybridized carbons (Fsp3) is 0.250. The Kier molecular flexibility index (Phi) is 2.91. The molecule has 98 valence electrons. The number of aryl methyl sites for hydroxylation is 2. The average molecular weight is 256 g/mol. The van der Waals surface area contributed by atoms with Gasteiger partial charge >= 0.3 is 0 Å². The van der Waals surface area contributed by atoms with Gasteiger partial charge in [0.2, 0.25) is 6.79 Å². The van der Waals surface area contributed by atoms with Crippen molar-refractivity contribution in [2.24, 2.45) is 0 Å². The Balaban J connectivity index is 1.99. The van der Waals surface area contributed by atoms with Crippen molar-refractivity contribution < 1.29 is 14.6 Å². The number of aliphatic hydroxyl groups is 1. The maximum absolute atomic E-state index is 10.5. The normalized spacial score (nSPS) is 14.5. The first-order valence-electron chi connectivity index (χ1n) is 6.30. The van der Waals surface area contributed by atoms with E-state index in [0.717, 1.165) is 28.0 Å². The molecular weight excluding hydrogens is 240 g/mol. The number of benzene rings is 2. The lowest BCUT2D eigenvalue weighted by atomic mass is 9.95. The lowest BCUT2D eigenvalue weighted by molar-refractivity contribution is 0.173. The van der Waals surface area contributed by atoms with Crippen LogP contribution in [0.5, 0.6) is 11.5 Å². The maximum atomic E-state index is 10.5. The predicted molar refractivity (Wildman–Crippen MR) is 72.5 cm³/mol. The van der Waals surface area contributed by atoms with Crippen LogP contribution in [0.15, 0.2) is 36.4 Å². The summed E-state index contributed by atoms with van der Waals surface area (Å²) in [6, 6.07) is 11.7. The van der Waals surface area contributed by atoms with Crippen LogP contribution in [0.3, 0.4) is 0 Å². The van der Waals surface area contributed by atoms with E-state index >= 15 is 0 Å². The van der Waals surface area contributed by atoms with Crippen molar-refractivity contribution in [3.63, 3.8) is 0 Å². The van der Waals surface area contributed by atoms with E-state index in [-0.39, 0.29) is 6.79 Å². The van der Waals surface area contributed by atoms with Gasteiger partial charge in [0.15, 0.2) is 11.5 Å². The van der Waals surface area contributed by atoms with Gasteiger partial charge in [-0.2, -0.15) is 0 Å². The van der Waals surface area contributed by atoms with Gasteiger partial charge in [-0.05, 0) is 42.7 Å². The van der Waals surface area contributed by atoms with Gasteiger partial charge in [-0.1, -0.05) is 29.8 Å². The molecule has 0 bridgehead atoms. The van der Waals surface area contributed by atoms with Crippen LogP contribution in [-0.2, 0) is 0 Å². The summed E-state index contributed by atoms with van der Waals surface area (Å²) in [5.74, 6) is 1.43. The molecule has 3 rings (SSSR count). The van der Waals surface area contributed by atoms with Gasteiger partial charge in [0.05, 0.1) is 0 Å². The van der Waals surface area contributed by atoms with Crippen molar-refractivity contribution in [2.45, 2.75) is 20.0 Å². The summed E-state index contributed by atoms with van der Waals surface area (Å²) >= 11 is 0. The highest BCUT2D eigenvalue weighted by Gasteiger charge is 2.18. The van der Waals surface area contributed by atoms with Gasteiger partial charge in [0.1, 0.15) is 6.10 Å². The van der Waals surface area contributed by atoms with E-state index < -0.39 is 6.10 Å². The first-order valence-corrected chi connectivity index (χ1v) is 6.30. The summed E-state index contributed by atoms with van der Waals surface area (Å²) in [7, 11) is 0. The third kappa shape index (κ3) is 2.17. The number of rotatable bonds is 2. The van der Waals surface area contributed by atoms with Crippen LogP contribution in [0, 0.1) is 13.8 Å². The van der Waals surface area contributed by atoms with Crippen molar-refractivity contribution in [1.29, 1.82) is 0 Å². The fourth-order valence-electron chi connectivity index (χ4n) is 2.32. The molecule has 0 fully saturated rings. The molecule has 0 spiro atoms. The molecule has 2 aromatic carbocycles. The smallest absolute Gasteiger partial charge is 0.231 e. The van der Waals surface area contributed by atoms with Crippen molar-refractivity contribution in [3.05, 3.63) is 58.7 Å². The largest absolute Gasteiger partial charge is 0.454 e. The van der Waals surface area contributed by atoms with Gasteiger partial charge in [0.25, 0.3) is 0 Å². The summed E-state index contributed by atoms with van der Waals surface area (Å²) in [5.41, 5.74) is 3.97. The summed E-state index contributed by atoms with van der Waals surface area (Å²) < 4.78 is 10.6. The molecule has 1 unspecified atom stereocenters. The second-order valence-corrected chi connectivity index (χ2v) is 4.88. The van der Waals surface area contributed by atoms with Crippen LogP contribution in [0.2, 0.25) is 0 Å². The summed E-state index contributed by atoms with van der Waals surface area (Å²) in [6.07, 6.45) is -0.644. The zero-order valence-electron chi connectivity index (χ0n) is 11.0. The number of fused-ring (bicyclic) bond motifs is 1.